The van der Waals surface area contributed by atoms with Gasteiger partial charge in [-0.1, -0.05) is 30.1 Å². The second-order valence-corrected chi connectivity index (χ2v) is 9.58. The van der Waals surface area contributed by atoms with E-state index in [1.54, 1.807) is 36.7 Å². The third-order valence-corrected chi connectivity index (χ3v) is 7.23. The highest BCUT2D eigenvalue weighted by molar-refractivity contribution is 6.38. The molecule has 3 aromatic rings. The molecule has 0 unspecified atom stereocenters. The largest absolute Gasteiger partial charge is 0.433 e. The first-order chi connectivity index (χ1) is 15.5. The van der Waals surface area contributed by atoms with Crippen molar-refractivity contribution in [3.05, 3.63) is 62.4 Å². The fourth-order valence-electron chi connectivity index (χ4n) is 4.30. The van der Waals surface area contributed by atoms with Gasteiger partial charge in [-0.2, -0.15) is 13.2 Å². The van der Waals surface area contributed by atoms with Gasteiger partial charge in [0.25, 0.3) is 5.91 Å². The van der Waals surface area contributed by atoms with Crippen molar-refractivity contribution in [1.29, 1.82) is 0 Å². The molecule has 4 rings (SSSR count). The zero-order valence-electron chi connectivity index (χ0n) is 18.6. The molecule has 2 aromatic heterocycles. The van der Waals surface area contributed by atoms with Crippen LogP contribution >= 0.6 is 23.2 Å². The standard InChI is InChI=1S/C24H24Cl2F3N3O/c1-13-6-8-32(9-7-13)23(33)16-4-5-19(25)18(21(16)26)12-15-11-17-14(2)10-20(24(27,28)29)30-22(17)31(15)3/h4-5,10-11,13H,6-9,12H2,1-3H3. The first kappa shape index (κ1) is 23.9. The second-order valence-electron chi connectivity index (χ2n) is 8.79. The summed E-state index contributed by atoms with van der Waals surface area (Å²) < 4.78 is 41.3. The van der Waals surface area contributed by atoms with Crippen LogP contribution in [0.1, 0.15) is 52.6 Å². The maximum Gasteiger partial charge on any atom is 0.433 e. The Morgan fingerprint density at radius 3 is 2.48 bits per heavy atom. The molecule has 1 aromatic carbocycles. The molecule has 0 aliphatic carbocycles. The number of halogens is 5. The van der Waals surface area contributed by atoms with Crippen LogP contribution in [-0.4, -0.2) is 33.4 Å². The molecular formula is C24H24Cl2F3N3O. The van der Waals surface area contributed by atoms with Crippen LogP contribution < -0.4 is 0 Å². The number of hydrogen-bond donors (Lipinski definition) is 0. The van der Waals surface area contributed by atoms with Crippen LogP contribution in [0.2, 0.25) is 10.0 Å². The van der Waals surface area contributed by atoms with Crippen molar-refractivity contribution in [2.45, 2.75) is 39.3 Å². The minimum absolute atomic E-state index is 0.130. The lowest BCUT2D eigenvalue weighted by atomic mass is 9.98. The number of amides is 1. The molecule has 1 amide bonds. The van der Waals surface area contributed by atoms with E-state index in [0.717, 1.165) is 18.9 Å². The summed E-state index contributed by atoms with van der Waals surface area (Å²) in [5.74, 6) is 0.459. The van der Waals surface area contributed by atoms with Gasteiger partial charge in [-0.25, -0.2) is 4.98 Å². The van der Waals surface area contributed by atoms with E-state index in [1.807, 2.05) is 4.90 Å². The first-order valence-corrected chi connectivity index (χ1v) is 11.5. The van der Waals surface area contributed by atoms with E-state index in [4.69, 9.17) is 23.2 Å². The Hall–Kier alpha value is -2.25. The molecular weight excluding hydrogens is 474 g/mol. The second kappa shape index (κ2) is 8.84. The molecule has 1 fully saturated rings. The lowest BCUT2D eigenvalue weighted by Gasteiger charge is -2.30. The van der Waals surface area contributed by atoms with E-state index in [2.05, 4.69) is 11.9 Å². The molecule has 4 nitrogen and oxygen atoms in total. The number of piperidine rings is 1. The Kier molecular flexibility index (Phi) is 6.40. The molecule has 0 spiro atoms. The van der Waals surface area contributed by atoms with E-state index in [9.17, 15) is 18.0 Å². The molecule has 0 radical (unpaired) electrons. The minimum Gasteiger partial charge on any atom is -0.339 e. The van der Waals surface area contributed by atoms with Crippen molar-refractivity contribution >= 4 is 40.1 Å². The van der Waals surface area contributed by atoms with Crippen LogP contribution in [-0.2, 0) is 19.6 Å². The number of likely N-dealkylation sites (tertiary alicyclic amines) is 1. The molecule has 9 heteroatoms. The van der Waals surface area contributed by atoms with Crippen molar-refractivity contribution < 1.29 is 18.0 Å². The predicted octanol–water partition coefficient (Wildman–Crippen LogP) is 6.67. The number of rotatable bonds is 3. The SMILES string of the molecule is Cc1cc(C(F)(F)F)nc2c1cc(Cc1c(Cl)ccc(C(=O)N3CCC(C)CC3)c1Cl)n2C. The van der Waals surface area contributed by atoms with Gasteiger partial charge in [0.15, 0.2) is 0 Å². The number of hydrogen-bond acceptors (Lipinski definition) is 2. The summed E-state index contributed by atoms with van der Waals surface area (Å²) in [6.07, 6.45) is -2.38. The average molecular weight is 498 g/mol. The third-order valence-electron chi connectivity index (χ3n) is 6.44. The molecule has 3 heterocycles. The van der Waals surface area contributed by atoms with Crippen molar-refractivity contribution in [2.75, 3.05) is 13.1 Å². The molecule has 1 saturated heterocycles. The van der Waals surface area contributed by atoms with Gasteiger partial charge >= 0.3 is 6.18 Å². The first-order valence-electron chi connectivity index (χ1n) is 10.8. The molecule has 0 bridgehead atoms. The number of aryl methyl sites for hydroxylation is 2. The number of carbonyl (C=O) groups excluding carboxylic acids is 1. The smallest absolute Gasteiger partial charge is 0.339 e. The van der Waals surface area contributed by atoms with Gasteiger partial charge in [0.1, 0.15) is 11.3 Å². The van der Waals surface area contributed by atoms with Crippen LogP contribution in [0.3, 0.4) is 0 Å². The highest BCUT2D eigenvalue weighted by atomic mass is 35.5. The van der Waals surface area contributed by atoms with Gasteiger partial charge in [-0.3, -0.25) is 4.79 Å². The van der Waals surface area contributed by atoms with Crippen LogP contribution in [0, 0.1) is 12.8 Å². The highest BCUT2D eigenvalue weighted by Gasteiger charge is 2.33. The number of carbonyl (C=O) groups is 1. The number of aromatic nitrogens is 2. The fourth-order valence-corrected chi connectivity index (χ4v) is 4.89. The number of benzene rings is 1. The summed E-state index contributed by atoms with van der Waals surface area (Å²) in [4.78, 5) is 18.7. The van der Waals surface area contributed by atoms with Crippen molar-refractivity contribution in [3.8, 4) is 0 Å². The maximum absolute atomic E-state index is 13.2. The van der Waals surface area contributed by atoms with Gasteiger partial charge in [-0.05, 0) is 61.1 Å². The minimum atomic E-state index is -4.53. The van der Waals surface area contributed by atoms with Crippen LogP contribution in [0.5, 0.6) is 0 Å². The van der Waals surface area contributed by atoms with Crippen LogP contribution in [0.15, 0.2) is 24.3 Å². The number of alkyl halides is 3. The van der Waals surface area contributed by atoms with E-state index < -0.39 is 11.9 Å². The summed E-state index contributed by atoms with van der Waals surface area (Å²) in [5, 5.41) is 1.30. The normalized spacial score (nSPS) is 15.5. The molecule has 1 aliphatic heterocycles. The van der Waals surface area contributed by atoms with Gasteiger partial charge < -0.3 is 9.47 Å². The van der Waals surface area contributed by atoms with E-state index >= 15 is 0 Å². The maximum atomic E-state index is 13.2. The molecule has 1 aliphatic rings. The number of fused-ring (bicyclic) bond motifs is 1. The lowest BCUT2D eigenvalue weighted by molar-refractivity contribution is -0.141. The number of pyridine rings is 1. The Labute approximate surface area is 200 Å². The van der Waals surface area contributed by atoms with Crippen LogP contribution in [0.4, 0.5) is 13.2 Å². The molecule has 0 N–H and O–H groups in total. The predicted molar refractivity (Wildman–Crippen MR) is 124 cm³/mol. The summed E-state index contributed by atoms with van der Waals surface area (Å²) in [5.41, 5.74) is 1.43. The van der Waals surface area contributed by atoms with E-state index in [0.29, 0.717) is 51.8 Å². The monoisotopic (exact) mass is 497 g/mol. The summed E-state index contributed by atoms with van der Waals surface area (Å²) in [6.45, 7) is 5.17. The molecule has 33 heavy (non-hydrogen) atoms. The van der Waals surface area contributed by atoms with E-state index in [-0.39, 0.29) is 23.0 Å². The molecule has 176 valence electrons. The summed E-state index contributed by atoms with van der Waals surface area (Å²) >= 11 is 13.1. The van der Waals surface area contributed by atoms with Crippen LogP contribution in [0.25, 0.3) is 11.0 Å². The molecule has 0 saturated carbocycles. The molecule has 0 atom stereocenters. The van der Waals surface area contributed by atoms with Crippen molar-refractivity contribution in [2.24, 2.45) is 13.0 Å². The Balaban J connectivity index is 1.71. The van der Waals surface area contributed by atoms with Crippen molar-refractivity contribution in [3.63, 3.8) is 0 Å². The van der Waals surface area contributed by atoms with Crippen molar-refractivity contribution in [1.82, 2.24) is 14.5 Å². The number of nitrogens with zero attached hydrogens (tertiary/aromatic N) is 3. The highest BCUT2D eigenvalue weighted by Crippen LogP contribution is 2.35. The Morgan fingerprint density at radius 1 is 1.18 bits per heavy atom. The van der Waals surface area contributed by atoms with E-state index in [1.165, 1.54) is 0 Å². The Morgan fingerprint density at radius 2 is 1.85 bits per heavy atom. The topological polar surface area (TPSA) is 38.1 Å². The third kappa shape index (κ3) is 4.58. The van der Waals surface area contributed by atoms with Gasteiger partial charge in [-0.15, -0.1) is 0 Å². The quantitative estimate of drug-likeness (QED) is 0.405. The van der Waals surface area contributed by atoms with Gasteiger partial charge in [0.2, 0.25) is 0 Å². The van der Waals surface area contributed by atoms with Gasteiger partial charge in [0.05, 0.1) is 10.6 Å². The average Bonchev–Trinajstić information content (AvgIpc) is 3.07. The Bertz CT molecular complexity index is 1230. The zero-order valence-corrected chi connectivity index (χ0v) is 20.1. The van der Waals surface area contributed by atoms with Gasteiger partial charge in [0, 0.05) is 42.7 Å². The fraction of sp³-hybridized carbons (Fsp3) is 0.417. The lowest BCUT2D eigenvalue weighted by Crippen LogP contribution is -2.38. The summed E-state index contributed by atoms with van der Waals surface area (Å²) in [6, 6.07) is 6.13. The zero-order chi connectivity index (χ0) is 24.1. The summed E-state index contributed by atoms with van der Waals surface area (Å²) in [7, 11) is 1.66.